The van der Waals surface area contributed by atoms with E-state index in [0.717, 1.165) is 10.5 Å². The molecule has 0 fully saturated rings. The molecule has 0 aliphatic carbocycles. The zero-order valence-electron chi connectivity index (χ0n) is 14.7. The normalized spacial score (nSPS) is 10.3. The van der Waals surface area contributed by atoms with Crippen molar-refractivity contribution >= 4 is 29.3 Å². The zero-order chi connectivity index (χ0) is 20.1. The number of furan rings is 1. The number of benzene rings is 2. The maximum absolute atomic E-state index is 12.2. The molecule has 8 nitrogen and oxygen atoms in total. The third-order valence-corrected chi connectivity index (χ3v) is 4.77. The van der Waals surface area contributed by atoms with E-state index in [2.05, 4.69) is 10.9 Å². The van der Waals surface area contributed by atoms with Crippen molar-refractivity contribution < 1.29 is 18.9 Å². The summed E-state index contributed by atoms with van der Waals surface area (Å²) in [6, 6.07) is 14.7. The molecule has 0 spiro atoms. The lowest BCUT2D eigenvalue weighted by Crippen LogP contribution is -2.41. The fraction of sp³-hybridized carbons (Fsp3) is 0.0526. The van der Waals surface area contributed by atoms with E-state index in [1.165, 1.54) is 48.4 Å². The van der Waals surface area contributed by atoms with Crippen LogP contribution in [0.2, 0.25) is 0 Å². The Bertz CT molecular complexity index is 1020. The first-order chi connectivity index (χ1) is 13.4. The molecule has 0 bridgehead atoms. The lowest BCUT2D eigenvalue weighted by molar-refractivity contribution is -0.387. The van der Waals surface area contributed by atoms with Gasteiger partial charge in [0.25, 0.3) is 11.6 Å². The van der Waals surface area contributed by atoms with Crippen molar-refractivity contribution in [2.24, 2.45) is 0 Å². The topological polar surface area (TPSA) is 114 Å². The number of nitro groups is 1. The summed E-state index contributed by atoms with van der Waals surface area (Å²) in [4.78, 5) is 36.1. The molecule has 2 aromatic carbocycles. The molecule has 1 aromatic heterocycles. The Balaban J connectivity index is 1.74. The number of aryl methyl sites for hydroxylation is 1. The van der Waals surface area contributed by atoms with E-state index in [-0.39, 0.29) is 17.0 Å². The van der Waals surface area contributed by atoms with E-state index < -0.39 is 16.7 Å². The quantitative estimate of drug-likeness (QED) is 0.501. The van der Waals surface area contributed by atoms with Gasteiger partial charge in [-0.1, -0.05) is 29.5 Å². The summed E-state index contributed by atoms with van der Waals surface area (Å²) in [7, 11) is 0. The smallest absolute Gasteiger partial charge is 0.305 e. The van der Waals surface area contributed by atoms with Crippen LogP contribution in [0.5, 0.6) is 0 Å². The highest BCUT2D eigenvalue weighted by Crippen LogP contribution is 2.35. The van der Waals surface area contributed by atoms with Crippen LogP contribution in [0.1, 0.15) is 26.5 Å². The molecule has 0 radical (unpaired) electrons. The molecule has 0 atom stereocenters. The van der Waals surface area contributed by atoms with E-state index in [9.17, 15) is 19.7 Å². The maximum atomic E-state index is 12.2. The van der Waals surface area contributed by atoms with Crippen LogP contribution >= 0.6 is 11.8 Å². The third-order valence-electron chi connectivity index (χ3n) is 3.70. The Morgan fingerprint density at radius 1 is 1.04 bits per heavy atom. The summed E-state index contributed by atoms with van der Waals surface area (Å²) in [5.74, 6) is -1.30. The van der Waals surface area contributed by atoms with Crippen molar-refractivity contribution in [2.45, 2.75) is 16.7 Å². The number of hydrogen-bond acceptors (Lipinski definition) is 6. The number of rotatable bonds is 5. The minimum atomic E-state index is -0.685. The first-order valence-electron chi connectivity index (χ1n) is 8.11. The van der Waals surface area contributed by atoms with E-state index in [4.69, 9.17) is 4.42 Å². The van der Waals surface area contributed by atoms with Crippen molar-refractivity contribution in [1.82, 2.24) is 10.9 Å². The zero-order valence-corrected chi connectivity index (χ0v) is 15.5. The van der Waals surface area contributed by atoms with Gasteiger partial charge < -0.3 is 4.42 Å². The number of nitro benzene ring substituents is 1. The number of carbonyl (C=O) groups excluding carboxylic acids is 2. The molecular weight excluding hydrogens is 382 g/mol. The largest absolute Gasteiger partial charge is 0.459 e. The average molecular weight is 397 g/mol. The van der Waals surface area contributed by atoms with Gasteiger partial charge in [0, 0.05) is 16.5 Å². The van der Waals surface area contributed by atoms with Crippen LogP contribution in [0.25, 0.3) is 0 Å². The standard InChI is InChI=1S/C19H15N3O5S/c1-12-4-7-14(8-5-12)28-17-9-6-13(11-15(17)22(25)26)18(23)20-21-19(24)16-3-2-10-27-16/h2-11H,1H3,(H,20,23)(H,21,24). The van der Waals surface area contributed by atoms with Gasteiger partial charge in [-0.05, 0) is 43.3 Å². The lowest BCUT2D eigenvalue weighted by Gasteiger charge is -2.08. The highest BCUT2D eigenvalue weighted by Gasteiger charge is 2.19. The Morgan fingerprint density at radius 2 is 1.75 bits per heavy atom. The molecule has 0 aliphatic rings. The van der Waals surface area contributed by atoms with E-state index in [0.29, 0.717) is 4.90 Å². The fourth-order valence-electron chi connectivity index (χ4n) is 2.28. The number of carbonyl (C=O) groups is 2. The summed E-state index contributed by atoms with van der Waals surface area (Å²) in [5.41, 5.74) is 5.31. The van der Waals surface area contributed by atoms with Crippen molar-refractivity contribution in [3.8, 4) is 0 Å². The first kappa shape index (κ1) is 19.2. The Morgan fingerprint density at radius 3 is 2.39 bits per heavy atom. The van der Waals surface area contributed by atoms with Crippen LogP contribution in [0.15, 0.2) is 75.1 Å². The van der Waals surface area contributed by atoms with Crippen LogP contribution < -0.4 is 10.9 Å². The summed E-state index contributed by atoms with van der Waals surface area (Å²) in [6.07, 6.45) is 1.32. The minimum absolute atomic E-state index is 0.0242. The molecule has 0 saturated heterocycles. The second-order valence-electron chi connectivity index (χ2n) is 5.74. The molecule has 3 aromatic rings. The van der Waals surface area contributed by atoms with Crippen LogP contribution in [-0.2, 0) is 0 Å². The second-order valence-corrected chi connectivity index (χ2v) is 6.86. The molecule has 2 amide bonds. The molecular formula is C19H15N3O5S. The van der Waals surface area contributed by atoms with Gasteiger partial charge in [0.05, 0.1) is 16.1 Å². The highest BCUT2D eigenvalue weighted by molar-refractivity contribution is 7.99. The molecule has 142 valence electrons. The number of amides is 2. The second kappa shape index (κ2) is 8.40. The van der Waals surface area contributed by atoms with Gasteiger partial charge in [-0.15, -0.1) is 0 Å². The van der Waals surface area contributed by atoms with Crippen LogP contribution in [-0.4, -0.2) is 16.7 Å². The molecule has 0 unspecified atom stereocenters. The van der Waals surface area contributed by atoms with Crippen molar-refractivity contribution in [1.29, 1.82) is 0 Å². The van der Waals surface area contributed by atoms with E-state index in [1.807, 2.05) is 31.2 Å². The Kier molecular flexibility index (Phi) is 5.75. The van der Waals surface area contributed by atoms with E-state index in [1.54, 1.807) is 0 Å². The van der Waals surface area contributed by atoms with Gasteiger partial charge in [0.1, 0.15) is 0 Å². The van der Waals surface area contributed by atoms with Gasteiger partial charge in [-0.3, -0.25) is 30.6 Å². The number of hydrazine groups is 1. The molecule has 1 heterocycles. The van der Waals surface area contributed by atoms with Gasteiger partial charge in [0.15, 0.2) is 5.76 Å². The minimum Gasteiger partial charge on any atom is -0.459 e. The molecule has 0 aliphatic heterocycles. The van der Waals surface area contributed by atoms with Crippen LogP contribution in [0.4, 0.5) is 5.69 Å². The fourth-order valence-corrected chi connectivity index (χ4v) is 3.18. The maximum Gasteiger partial charge on any atom is 0.305 e. The summed E-state index contributed by atoms with van der Waals surface area (Å²) >= 11 is 1.23. The van der Waals surface area contributed by atoms with Gasteiger partial charge in [-0.2, -0.15) is 0 Å². The van der Waals surface area contributed by atoms with Gasteiger partial charge in [-0.25, -0.2) is 0 Å². The van der Waals surface area contributed by atoms with Crippen molar-refractivity contribution in [3.63, 3.8) is 0 Å². The summed E-state index contributed by atoms with van der Waals surface area (Å²) in [6.45, 7) is 1.95. The predicted molar refractivity (Wildman–Crippen MR) is 102 cm³/mol. The van der Waals surface area contributed by atoms with Crippen molar-refractivity contribution in [2.75, 3.05) is 0 Å². The molecule has 0 saturated carbocycles. The Hall–Kier alpha value is -3.59. The average Bonchev–Trinajstić information content (AvgIpc) is 3.22. The van der Waals surface area contributed by atoms with Crippen LogP contribution in [0.3, 0.4) is 0 Å². The Labute approximate surface area is 164 Å². The monoisotopic (exact) mass is 397 g/mol. The summed E-state index contributed by atoms with van der Waals surface area (Å²) < 4.78 is 4.91. The third kappa shape index (κ3) is 4.57. The van der Waals surface area contributed by atoms with Crippen LogP contribution in [0, 0.1) is 17.0 Å². The molecule has 3 rings (SSSR count). The SMILES string of the molecule is Cc1ccc(Sc2ccc(C(=O)NNC(=O)c3ccco3)cc2[N+](=O)[O-])cc1. The molecule has 9 heteroatoms. The van der Waals surface area contributed by atoms with Gasteiger partial charge in [0.2, 0.25) is 0 Å². The highest BCUT2D eigenvalue weighted by atomic mass is 32.2. The first-order valence-corrected chi connectivity index (χ1v) is 8.93. The van der Waals surface area contributed by atoms with Gasteiger partial charge >= 0.3 is 5.91 Å². The number of hydrogen-bond donors (Lipinski definition) is 2. The predicted octanol–water partition coefficient (Wildman–Crippen LogP) is 3.72. The molecule has 28 heavy (non-hydrogen) atoms. The number of nitrogens with one attached hydrogen (secondary N) is 2. The van der Waals surface area contributed by atoms with Crippen molar-refractivity contribution in [3.05, 3.63) is 87.9 Å². The van der Waals surface area contributed by atoms with E-state index >= 15 is 0 Å². The number of nitrogens with zero attached hydrogens (tertiary/aromatic N) is 1. The lowest BCUT2D eigenvalue weighted by atomic mass is 10.2. The molecule has 2 N–H and O–H groups in total. The summed E-state index contributed by atoms with van der Waals surface area (Å²) in [5, 5.41) is 11.4.